The summed E-state index contributed by atoms with van der Waals surface area (Å²) in [6.45, 7) is 4.48. The van der Waals surface area contributed by atoms with Crippen molar-refractivity contribution in [2.45, 2.75) is 32.0 Å². The van der Waals surface area contributed by atoms with Gasteiger partial charge in [0.15, 0.2) is 17.3 Å². The molecule has 2 aliphatic heterocycles. The third-order valence-electron chi connectivity index (χ3n) is 5.11. The lowest BCUT2D eigenvalue weighted by molar-refractivity contribution is 0.143. The zero-order valence-corrected chi connectivity index (χ0v) is 14.2. The van der Waals surface area contributed by atoms with Gasteiger partial charge in [-0.2, -0.15) is 0 Å². The Balaban J connectivity index is 2.01. The molecule has 0 radical (unpaired) electrons. The summed E-state index contributed by atoms with van der Waals surface area (Å²) in [5.41, 5.74) is 5.93. The van der Waals surface area contributed by atoms with E-state index in [1.54, 1.807) is 9.47 Å². The number of benzene rings is 1. The second-order valence-electron chi connectivity index (χ2n) is 6.75. The molecule has 1 aromatic carbocycles. The predicted molar refractivity (Wildman–Crippen MR) is 91.8 cm³/mol. The van der Waals surface area contributed by atoms with E-state index < -0.39 is 17.4 Å². The van der Waals surface area contributed by atoms with E-state index in [2.05, 4.69) is 4.74 Å². The minimum Gasteiger partial charge on any atom is -0.487 e. The van der Waals surface area contributed by atoms with Gasteiger partial charge in [-0.05, 0) is 19.9 Å². The summed E-state index contributed by atoms with van der Waals surface area (Å²) in [7, 11) is 0. The fourth-order valence-corrected chi connectivity index (χ4v) is 3.55. The molecule has 8 nitrogen and oxygen atoms in total. The SMILES string of the molecule is C[C@@H]1[C@@H](N)CN1c1c(F)cc2c(=O)c(OC(=O)O)cn3c2c1OC[C@H]3C. The van der Waals surface area contributed by atoms with E-state index in [1.165, 1.54) is 6.20 Å². The highest BCUT2D eigenvalue weighted by atomic mass is 19.1. The Labute approximate surface area is 147 Å². The molecule has 1 aromatic heterocycles. The molecule has 0 unspecified atom stereocenters. The second kappa shape index (κ2) is 5.60. The number of rotatable bonds is 2. The van der Waals surface area contributed by atoms with Crippen LogP contribution >= 0.6 is 0 Å². The predicted octanol–water partition coefficient (Wildman–Crippen LogP) is 1.69. The molecule has 3 heterocycles. The Kier molecular flexibility index (Phi) is 3.58. The van der Waals surface area contributed by atoms with Gasteiger partial charge in [0.1, 0.15) is 12.3 Å². The van der Waals surface area contributed by atoms with E-state index in [1.807, 2.05) is 13.8 Å². The van der Waals surface area contributed by atoms with Crippen molar-refractivity contribution >= 4 is 22.7 Å². The molecule has 3 atom stereocenters. The van der Waals surface area contributed by atoms with Gasteiger partial charge in [-0.25, -0.2) is 9.18 Å². The zero-order valence-electron chi connectivity index (χ0n) is 14.2. The molecule has 0 bridgehead atoms. The second-order valence-corrected chi connectivity index (χ2v) is 6.75. The Bertz CT molecular complexity index is 989. The van der Waals surface area contributed by atoms with E-state index in [0.29, 0.717) is 12.1 Å². The van der Waals surface area contributed by atoms with E-state index in [4.69, 9.17) is 15.6 Å². The van der Waals surface area contributed by atoms with Gasteiger partial charge in [0.05, 0.1) is 23.1 Å². The number of carbonyl (C=O) groups is 1. The first kappa shape index (κ1) is 16.6. The standard InChI is InChI=1S/C17H18FN3O5/c1-7-6-25-16-13-9(15(22)12(5-20(7)13)26-17(23)24)3-10(18)14(16)21-4-11(19)8(21)2/h3,5,7-8,11H,4,6,19H2,1-2H3,(H,23,24)/t7-,8-,11+/m1/s1. The number of nitrogens with two attached hydrogens (primary N) is 1. The number of nitrogens with zero attached hydrogens (tertiary/aromatic N) is 2. The molecule has 3 N–H and O–H groups in total. The maximum Gasteiger partial charge on any atom is 0.511 e. The van der Waals surface area contributed by atoms with Gasteiger partial charge in [0, 0.05) is 18.6 Å². The van der Waals surface area contributed by atoms with Crippen molar-refractivity contribution in [1.82, 2.24) is 4.57 Å². The van der Waals surface area contributed by atoms with Crippen LogP contribution in [0.5, 0.6) is 11.5 Å². The topological polar surface area (TPSA) is 107 Å². The van der Waals surface area contributed by atoms with Crippen LogP contribution in [0.4, 0.5) is 14.9 Å². The fourth-order valence-electron chi connectivity index (χ4n) is 3.55. The van der Waals surface area contributed by atoms with Gasteiger partial charge in [-0.1, -0.05) is 0 Å². The highest BCUT2D eigenvalue weighted by Gasteiger charge is 2.38. The molecule has 4 rings (SSSR count). The van der Waals surface area contributed by atoms with Crippen molar-refractivity contribution in [3.63, 3.8) is 0 Å². The average molecular weight is 363 g/mol. The number of pyridine rings is 1. The lowest BCUT2D eigenvalue weighted by atomic mass is 9.96. The summed E-state index contributed by atoms with van der Waals surface area (Å²) in [5, 5.41) is 8.86. The normalized spacial score (nSPS) is 24.2. The first-order valence-corrected chi connectivity index (χ1v) is 8.26. The molecule has 0 spiro atoms. The van der Waals surface area contributed by atoms with Crippen LogP contribution in [0, 0.1) is 5.82 Å². The van der Waals surface area contributed by atoms with Crippen LogP contribution in [0.3, 0.4) is 0 Å². The molecule has 138 valence electrons. The minimum atomic E-state index is -1.60. The summed E-state index contributed by atoms with van der Waals surface area (Å²) in [4.78, 5) is 25.3. The third kappa shape index (κ3) is 2.23. The zero-order chi connectivity index (χ0) is 18.7. The maximum atomic E-state index is 14.9. The molecule has 26 heavy (non-hydrogen) atoms. The molecule has 9 heteroatoms. The molecule has 0 aliphatic carbocycles. The van der Waals surface area contributed by atoms with E-state index in [-0.39, 0.29) is 47.3 Å². The van der Waals surface area contributed by atoms with Crippen LogP contribution in [0.2, 0.25) is 0 Å². The van der Waals surface area contributed by atoms with Crippen LogP contribution in [0.1, 0.15) is 19.9 Å². The lowest BCUT2D eigenvalue weighted by Crippen LogP contribution is -2.63. The molecule has 0 amide bonds. The smallest absolute Gasteiger partial charge is 0.487 e. The van der Waals surface area contributed by atoms with Gasteiger partial charge >= 0.3 is 6.16 Å². The Morgan fingerprint density at radius 1 is 1.46 bits per heavy atom. The van der Waals surface area contributed by atoms with Crippen LogP contribution < -0.4 is 25.5 Å². The highest BCUT2D eigenvalue weighted by molar-refractivity contribution is 5.93. The molecule has 2 aliphatic rings. The number of hydrogen-bond donors (Lipinski definition) is 2. The molecule has 2 aromatic rings. The van der Waals surface area contributed by atoms with Gasteiger partial charge in [-0.3, -0.25) is 4.79 Å². The van der Waals surface area contributed by atoms with Crippen molar-refractivity contribution in [2.75, 3.05) is 18.1 Å². The van der Waals surface area contributed by atoms with E-state index in [0.717, 1.165) is 6.07 Å². The number of aromatic nitrogens is 1. The van der Waals surface area contributed by atoms with Crippen LogP contribution in [0.15, 0.2) is 17.1 Å². The van der Waals surface area contributed by atoms with Crippen molar-refractivity contribution in [3.8, 4) is 11.5 Å². The van der Waals surface area contributed by atoms with E-state index >= 15 is 0 Å². The lowest BCUT2D eigenvalue weighted by Gasteiger charge is -2.47. The van der Waals surface area contributed by atoms with Gasteiger partial charge in [-0.15, -0.1) is 0 Å². The molecule has 1 saturated heterocycles. The summed E-state index contributed by atoms with van der Waals surface area (Å²) in [5.74, 6) is -0.705. The van der Waals surface area contributed by atoms with Gasteiger partial charge < -0.3 is 29.8 Å². The van der Waals surface area contributed by atoms with Crippen molar-refractivity contribution in [1.29, 1.82) is 0 Å². The van der Waals surface area contributed by atoms with Crippen molar-refractivity contribution in [3.05, 3.63) is 28.3 Å². The third-order valence-corrected chi connectivity index (χ3v) is 5.11. The van der Waals surface area contributed by atoms with Gasteiger partial charge in [0.2, 0.25) is 5.43 Å². The summed E-state index contributed by atoms with van der Waals surface area (Å²) in [6.07, 6.45) is -0.266. The molecular weight excluding hydrogens is 345 g/mol. The number of halogens is 1. The molecule has 0 saturated carbocycles. The van der Waals surface area contributed by atoms with Crippen LogP contribution in [-0.2, 0) is 0 Å². The fraction of sp³-hybridized carbons (Fsp3) is 0.412. The number of anilines is 1. The summed E-state index contributed by atoms with van der Waals surface area (Å²) < 4.78 is 27.0. The summed E-state index contributed by atoms with van der Waals surface area (Å²) in [6, 6.07) is 0.806. The first-order valence-electron chi connectivity index (χ1n) is 8.26. The van der Waals surface area contributed by atoms with Crippen LogP contribution in [-0.4, -0.2) is 41.1 Å². The largest absolute Gasteiger partial charge is 0.511 e. The van der Waals surface area contributed by atoms with E-state index in [9.17, 15) is 14.0 Å². The average Bonchev–Trinajstić information content (AvgIpc) is 2.59. The van der Waals surface area contributed by atoms with Gasteiger partial charge in [0.25, 0.3) is 0 Å². The number of carboxylic acid groups (broad SMARTS) is 1. The molecule has 1 fully saturated rings. The minimum absolute atomic E-state index is 0.0176. The summed E-state index contributed by atoms with van der Waals surface area (Å²) >= 11 is 0. The monoisotopic (exact) mass is 363 g/mol. The maximum absolute atomic E-state index is 14.9. The number of hydrogen-bond acceptors (Lipinski definition) is 6. The quantitative estimate of drug-likeness (QED) is 0.782. The van der Waals surface area contributed by atoms with Crippen LogP contribution in [0.25, 0.3) is 10.9 Å². The Hall–Kier alpha value is -2.81. The molecular formula is C17H18FN3O5. The Morgan fingerprint density at radius 3 is 2.81 bits per heavy atom. The Morgan fingerprint density at radius 2 is 2.19 bits per heavy atom. The highest BCUT2D eigenvalue weighted by Crippen LogP contribution is 2.44. The first-order chi connectivity index (χ1) is 12.3. The van der Waals surface area contributed by atoms with Crippen molar-refractivity contribution < 1.29 is 23.8 Å². The number of ether oxygens (including phenoxy) is 2. The van der Waals surface area contributed by atoms with Crippen molar-refractivity contribution in [2.24, 2.45) is 5.73 Å².